The van der Waals surface area contributed by atoms with Crippen LogP contribution in [0, 0.1) is 5.82 Å². The van der Waals surface area contributed by atoms with Crippen LogP contribution < -0.4 is 0 Å². The van der Waals surface area contributed by atoms with Gasteiger partial charge in [-0.25, -0.2) is 22.6 Å². The number of hydrogen-bond donors (Lipinski definition) is 1. The normalized spacial score (nSPS) is 11.5. The van der Waals surface area contributed by atoms with Crippen molar-refractivity contribution in [1.29, 1.82) is 0 Å². The average Bonchev–Trinajstić information content (AvgIpc) is 2.74. The van der Waals surface area contributed by atoms with E-state index in [-0.39, 0.29) is 11.4 Å². The summed E-state index contributed by atoms with van der Waals surface area (Å²) in [5, 5.41) is 12.5. The minimum atomic E-state index is -4.05. The lowest BCUT2D eigenvalue weighted by Gasteiger charge is -2.06. The van der Waals surface area contributed by atoms with Crippen molar-refractivity contribution in [2.24, 2.45) is 7.05 Å². The molecule has 0 amide bonds. The first-order chi connectivity index (χ1) is 9.31. The Labute approximate surface area is 113 Å². The molecule has 1 heterocycles. The summed E-state index contributed by atoms with van der Waals surface area (Å²) in [6.45, 7) is 0. The number of carboxylic acid groups (broad SMARTS) is 1. The van der Waals surface area contributed by atoms with Crippen LogP contribution in [0.1, 0.15) is 16.2 Å². The number of carboxylic acids is 1. The molecule has 7 nitrogen and oxygen atoms in total. The van der Waals surface area contributed by atoms with Gasteiger partial charge in [-0.05, 0) is 18.2 Å². The standard InChI is InChI=1S/C11H10FN3O4S/c1-15-10(13-6-14-15)5-20(18,19)9-4-7(11(16)17)2-3-8(9)12/h2-4,6H,5H2,1H3,(H,16,17). The number of halogens is 1. The lowest BCUT2D eigenvalue weighted by atomic mass is 10.2. The largest absolute Gasteiger partial charge is 0.478 e. The van der Waals surface area contributed by atoms with Gasteiger partial charge in [-0.2, -0.15) is 5.10 Å². The van der Waals surface area contributed by atoms with E-state index in [0.717, 1.165) is 18.2 Å². The highest BCUT2D eigenvalue weighted by Gasteiger charge is 2.23. The van der Waals surface area contributed by atoms with E-state index in [0.29, 0.717) is 0 Å². The smallest absolute Gasteiger partial charge is 0.335 e. The Balaban J connectivity index is 2.46. The van der Waals surface area contributed by atoms with Crippen LogP contribution >= 0.6 is 0 Å². The average molecular weight is 299 g/mol. The molecule has 1 aromatic heterocycles. The number of hydrogen-bond acceptors (Lipinski definition) is 5. The van der Waals surface area contributed by atoms with Gasteiger partial charge < -0.3 is 5.11 Å². The number of aromatic carboxylic acids is 1. The van der Waals surface area contributed by atoms with Crippen LogP contribution in [0.15, 0.2) is 29.4 Å². The van der Waals surface area contributed by atoms with Crippen molar-refractivity contribution < 1.29 is 22.7 Å². The lowest BCUT2D eigenvalue weighted by molar-refractivity contribution is 0.0696. The highest BCUT2D eigenvalue weighted by atomic mass is 32.2. The number of carbonyl (C=O) groups is 1. The minimum Gasteiger partial charge on any atom is -0.478 e. The Morgan fingerprint density at radius 1 is 1.45 bits per heavy atom. The highest BCUT2D eigenvalue weighted by molar-refractivity contribution is 7.90. The maximum absolute atomic E-state index is 13.6. The molecule has 20 heavy (non-hydrogen) atoms. The van der Waals surface area contributed by atoms with Gasteiger partial charge in [-0.15, -0.1) is 0 Å². The number of sulfone groups is 1. The molecule has 0 atom stereocenters. The van der Waals surface area contributed by atoms with E-state index in [1.807, 2.05) is 0 Å². The van der Waals surface area contributed by atoms with Gasteiger partial charge in [0.25, 0.3) is 0 Å². The van der Waals surface area contributed by atoms with Gasteiger partial charge in [0.1, 0.15) is 28.6 Å². The molecule has 9 heteroatoms. The van der Waals surface area contributed by atoms with Gasteiger partial charge in [-0.1, -0.05) is 0 Å². The fraction of sp³-hybridized carbons (Fsp3) is 0.182. The van der Waals surface area contributed by atoms with Crippen molar-refractivity contribution in [3.63, 3.8) is 0 Å². The first-order valence-corrected chi connectivity index (χ1v) is 7.05. The van der Waals surface area contributed by atoms with Crippen LogP contribution in [0.25, 0.3) is 0 Å². The first-order valence-electron chi connectivity index (χ1n) is 5.40. The molecule has 0 aliphatic carbocycles. The summed E-state index contributed by atoms with van der Waals surface area (Å²) >= 11 is 0. The molecule has 0 bridgehead atoms. The summed E-state index contributed by atoms with van der Waals surface area (Å²) in [6, 6.07) is 2.61. The molecular weight excluding hydrogens is 289 g/mol. The van der Waals surface area contributed by atoms with Crippen LogP contribution in [-0.2, 0) is 22.6 Å². The van der Waals surface area contributed by atoms with Gasteiger partial charge in [-0.3, -0.25) is 4.68 Å². The molecule has 0 aliphatic rings. The van der Waals surface area contributed by atoms with Crippen molar-refractivity contribution >= 4 is 15.8 Å². The molecule has 2 aromatic rings. The van der Waals surface area contributed by atoms with Crippen LogP contribution in [0.3, 0.4) is 0 Å². The quantitative estimate of drug-likeness (QED) is 0.888. The third-order valence-electron chi connectivity index (χ3n) is 2.64. The van der Waals surface area contributed by atoms with Crippen molar-refractivity contribution in [2.75, 3.05) is 0 Å². The summed E-state index contributed by atoms with van der Waals surface area (Å²) in [5.74, 6) is -2.77. The van der Waals surface area contributed by atoms with Gasteiger partial charge in [0.2, 0.25) is 0 Å². The predicted molar refractivity (Wildman–Crippen MR) is 65.3 cm³/mol. The molecule has 1 N–H and O–H groups in total. The van der Waals surface area contributed by atoms with Crippen LogP contribution in [-0.4, -0.2) is 34.3 Å². The highest BCUT2D eigenvalue weighted by Crippen LogP contribution is 2.20. The van der Waals surface area contributed by atoms with E-state index in [1.54, 1.807) is 0 Å². The maximum Gasteiger partial charge on any atom is 0.335 e. The summed E-state index contributed by atoms with van der Waals surface area (Å²) in [6.07, 6.45) is 1.18. The summed E-state index contributed by atoms with van der Waals surface area (Å²) < 4.78 is 39.2. The second-order valence-electron chi connectivity index (χ2n) is 4.01. The van der Waals surface area contributed by atoms with Gasteiger partial charge >= 0.3 is 5.97 Å². The van der Waals surface area contributed by atoms with Crippen LogP contribution in [0.5, 0.6) is 0 Å². The lowest BCUT2D eigenvalue weighted by Crippen LogP contribution is -2.12. The monoisotopic (exact) mass is 299 g/mol. The topological polar surface area (TPSA) is 102 Å². The second kappa shape index (κ2) is 5.00. The Kier molecular flexibility index (Phi) is 3.53. The molecule has 0 saturated carbocycles. The molecular formula is C11H10FN3O4S. The minimum absolute atomic E-state index is 0.130. The predicted octanol–water partition coefficient (Wildman–Crippen LogP) is 0.626. The van der Waals surface area contributed by atoms with Gasteiger partial charge in [0, 0.05) is 7.05 Å². The molecule has 0 spiro atoms. The Morgan fingerprint density at radius 2 is 2.15 bits per heavy atom. The van der Waals surface area contributed by atoms with E-state index in [2.05, 4.69) is 10.1 Å². The molecule has 2 rings (SSSR count). The number of benzene rings is 1. The molecule has 0 saturated heterocycles. The zero-order chi connectivity index (χ0) is 14.9. The van der Waals surface area contributed by atoms with Crippen molar-refractivity contribution in [3.8, 4) is 0 Å². The maximum atomic E-state index is 13.6. The van der Waals surface area contributed by atoms with E-state index in [9.17, 15) is 17.6 Å². The number of rotatable bonds is 4. The number of nitrogens with zero attached hydrogens (tertiary/aromatic N) is 3. The SMILES string of the molecule is Cn1ncnc1CS(=O)(=O)c1cc(C(=O)O)ccc1F. The van der Waals surface area contributed by atoms with Crippen molar-refractivity contribution in [3.05, 3.63) is 41.7 Å². The van der Waals surface area contributed by atoms with Crippen molar-refractivity contribution in [1.82, 2.24) is 14.8 Å². The van der Waals surface area contributed by atoms with E-state index < -0.39 is 32.3 Å². The van der Waals surface area contributed by atoms with Gasteiger partial charge in [0.05, 0.1) is 5.56 Å². The third-order valence-corrected chi connectivity index (χ3v) is 4.26. The summed E-state index contributed by atoms with van der Waals surface area (Å²) in [4.78, 5) is 13.9. The Hall–Kier alpha value is -2.29. The summed E-state index contributed by atoms with van der Waals surface area (Å²) in [5.41, 5.74) is -0.303. The van der Waals surface area contributed by atoms with Crippen LogP contribution in [0.2, 0.25) is 0 Å². The number of aryl methyl sites for hydroxylation is 1. The zero-order valence-electron chi connectivity index (χ0n) is 10.3. The van der Waals surface area contributed by atoms with E-state index in [1.165, 1.54) is 18.1 Å². The zero-order valence-corrected chi connectivity index (χ0v) is 11.1. The fourth-order valence-corrected chi connectivity index (χ4v) is 3.00. The molecule has 0 radical (unpaired) electrons. The first kappa shape index (κ1) is 14.1. The summed E-state index contributed by atoms with van der Waals surface area (Å²) in [7, 11) is -2.55. The van der Waals surface area contributed by atoms with E-state index in [4.69, 9.17) is 5.11 Å². The molecule has 0 unspecified atom stereocenters. The molecule has 0 fully saturated rings. The van der Waals surface area contributed by atoms with Crippen molar-refractivity contribution in [2.45, 2.75) is 10.6 Å². The molecule has 0 aliphatic heterocycles. The van der Waals surface area contributed by atoms with Gasteiger partial charge in [0.15, 0.2) is 9.84 Å². The third kappa shape index (κ3) is 2.67. The molecule has 106 valence electrons. The second-order valence-corrected chi connectivity index (χ2v) is 5.97. The Morgan fingerprint density at radius 3 is 2.70 bits per heavy atom. The number of aromatic nitrogens is 3. The molecule has 1 aromatic carbocycles. The Bertz CT molecular complexity index is 770. The fourth-order valence-electron chi connectivity index (χ4n) is 1.57. The van der Waals surface area contributed by atoms with Crippen LogP contribution in [0.4, 0.5) is 4.39 Å². The van der Waals surface area contributed by atoms with E-state index >= 15 is 0 Å².